The van der Waals surface area contributed by atoms with E-state index in [1.54, 1.807) is 0 Å². The normalized spacial score (nSPS) is 16.6. The average molecular weight is 706 g/mol. The van der Waals surface area contributed by atoms with Gasteiger partial charge in [-0.3, -0.25) is 0 Å². The monoisotopic (exact) mass is 705 g/mol. The maximum absolute atomic E-state index is 2.55. The summed E-state index contributed by atoms with van der Waals surface area (Å²) in [5, 5.41) is 2.67. The second kappa shape index (κ2) is 10.7. The van der Waals surface area contributed by atoms with Gasteiger partial charge in [0.15, 0.2) is 0 Å². The van der Waals surface area contributed by atoms with E-state index < -0.39 is 5.41 Å². The topological polar surface area (TPSA) is 3.24 Å². The molecule has 0 saturated carbocycles. The first-order valence-electron chi connectivity index (χ1n) is 18.9. The summed E-state index contributed by atoms with van der Waals surface area (Å²) in [7, 11) is 0. The molecule has 0 radical (unpaired) electrons. The highest BCUT2D eigenvalue weighted by molar-refractivity contribution is 7.25. The van der Waals surface area contributed by atoms with Crippen molar-refractivity contribution in [2.24, 2.45) is 0 Å². The number of para-hydroxylation sites is 1. The molecule has 54 heavy (non-hydrogen) atoms. The molecule has 0 saturated heterocycles. The first-order chi connectivity index (χ1) is 26.5. The van der Waals surface area contributed by atoms with Crippen molar-refractivity contribution in [3.63, 3.8) is 0 Å². The van der Waals surface area contributed by atoms with Gasteiger partial charge in [0.05, 0.1) is 11.1 Å². The summed E-state index contributed by atoms with van der Waals surface area (Å²) in [5.41, 5.74) is 19.1. The third-order valence-corrected chi connectivity index (χ3v) is 13.8. The highest BCUT2D eigenvalue weighted by Crippen LogP contribution is 2.66. The molecule has 0 amide bonds. The van der Waals surface area contributed by atoms with Crippen LogP contribution < -0.4 is 4.90 Å². The molecule has 3 aliphatic rings. The number of anilines is 3. The Kier molecular flexibility index (Phi) is 5.99. The third kappa shape index (κ3) is 3.73. The van der Waals surface area contributed by atoms with Gasteiger partial charge in [0, 0.05) is 42.5 Å². The van der Waals surface area contributed by atoms with Gasteiger partial charge in [-0.05, 0) is 110 Å². The van der Waals surface area contributed by atoms with Crippen molar-refractivity contribution in [1.82, 2.24) is 0 Å². The van der Waals surface area contributed by atoms with Gasteiger partial charge in [-0.15, -0.1) is 11.3 Å². The minimum atomic E-state index is -0.509. The van der Waals surface area contributed by atoms with Crippen molar-refractivity contribution in [1.29, 1.82) is 0 Å². The quantitative estimate of drug-likeness (QED) is 0.177. The Balaban J connectivity index is 1.19. The zero-order valence-corrected chi connectivity index (χ0v) is 30.9. The molecule has 254 valence electrons. The number of nitrogens with zero attached hydrogens (tertiary/aromatic N) is 1. The Hall–Kier alpha value is -6.22. The van der Waals surface area contributed by atoms with E-state index in [9.17, 15) is 0 Å². The lowest BCUT2D eigenvalue weighted by atomic mass is 9.69. The van der Waals surface area contributed by atoms with E-state index in [-0.39, 0.29) is 5.41 Å². The molecule has 0 bridgehead atoms. The zero-order valence-electron chi connectivity index (χ0n) is 30.1. The summed E-state index contributed by atoms with van der Waals surface area (Å²) < 4.78 is 2.68. The molecule has 3 aliphatic carbocycles. The predicted molar refractivity (Wildman–Crippen MR) is 228 cm³/mol. The van der Waals surface area contributed by atoms with Crippen molar-refractivity contribution in [2.75, 3.05) is 4.90 Å². The minimum absolute atomic E-state index is 0.113. The summed E-state index contributed by atoms with van der Waals surface area (Å²) in [5.74, 6) is 0. The number of benzene rings is 8. The number of hydrogen-bond donors (Lipinski definition) is 0. The largest absolute Gasteiger partial charge is 0.310 e. The van der Waals surface area contributed by atoms with E-state index in [4.69, 9.17) is 0 Å². The number of thiophene rings is 1. The molecule has 1 heterocycles. The Bertz CT molecular complexity index is 3040. The van der Waals surface area contributed by atoms with E-state index in [0.29, 0.717) is 0 Å². The van der Waals surface area contributed by atoms with Crippen molar-refractivity contribution in [2.45, 2.75) is 24.7 Å². The fourth-order valence-corrected chi connectivity index (χ4v) is 11.5. The number of fused-ring (bicyclic) bond motifs is 16. The van der Waals surface area contributed by atoms with Gasteiger partial charge < -0.3 is 4.90 Å². The summed E-state index contributed by atoms with van der Waals surface area (Å²) in [4.78, 5) is 2.53. The van der Waals surface area contributed by atoms with Crippen LogP contribution >= 0.6 is 11.3 Å². The number of rotatable bonds is 3. The summed E-state index contributed by atoms with van der Waals surface area (Å²) in [6.45, 7) is 4.75. The molecule has 1 unspecified atom stereocenters. The van der Waals surface area contributed by atoms with Crippen molar-refractivity contribution in [3.8, 4) is 33.4 Å². The lowest BCUT2D eigenvalue weighted by Gasteiger charge is -2.36. The van der Waals surface area contributed by atoms with Crippen LogP contribution in [0, 0.1) is 0 Å². The standard InChI is InChI=1S/C52H35NS/c1-51(2)42-22-10-6-17-34(42)37-28-27-33(29-45(37)51)53(32-15-4-3-5-16-32)47-25-14-21-39-35-18-7-11-23-43(35)52(50(39)47)44-24-12-8-19-36(44)40-31-49-41(30-46(40)52)38-20-9-13-26-48(38)54-49/h3-31H,1-2H3. The van der Waals surface area contributed by atoms with Gasteiger partial charge in [0.25, 0.3) is 0 Å². The lowest BCUT2D eigenvalue weighted by molar-refractivity contribution is 0.660. The van der Waals surface area contributed by atoms with Crippen LogP contribution in [0.25, 0.3) is 53.6 Å². The van der Waals surface area contributed by atoms with Crippen LogP contribution in [0.15, 0.2) is 176 Å². The van der Waals surface area contributed by atoms with Gasteiger partial charge in [-0.2, -0.15) is 0 Å². The third-order valence-electron chi connectivity index (χ3n) is 12.7. The Labute approximate surface area is 319 Å². The van der Waals surface area contributed by atoms with E-state index in [0.717, 1.165) is 5.69 Å². The summed E-state index contributed by atoms with van der Waals surface area (Å²) >= 11 is 1.90. The van der Waals surface area contributed by atoms with Crippen LogP contribution in [-0.4, -0.2) is 0 Å². The molecular weight excluding hydrogens is 671 g/mol. The maximum atomic E-state index is 2.55. The van der Waals surface area contributed by atoms with Gasteiger partial charge in [-0.25, -0.2) is 0 Å². The first kappa shape index (κ1) is 30.3. The highest BCUT2D eigenvalue weighted by Gasteiger charge is 2.53. The van der Waals surface area contributed by atoms with Crippen LogP contribution in [0.2, 0.25) is 0 Å². The van der Waals surface area contributed by atoms with Gasteiger partial charge in [-0.1, -0.05) is 141 Å². The molecule has 1 aromatic heterocycles. The van der Waals surface area contributed by atoms with Gasteiger partial charge in [0.1, 0.15) is 0 Å². The van der Waals surface area contributed by atoms with Crippen molar-refractivity contribution in [3.05, 3.63) is 209 Å². The molecule has 8 aromatic carbocycles. The minimum Gasteiger partial charge on any atom is -0.310 e. The van der Waals surface area contributed by atoms with Crippen molar-refractivity contribution < 1.29 is 0 Å². The Morgan fingerprint density at radius 1 is 0.389 bits per heavy atom. The van der Waals surface area contributed by atoms with E-state index in [2.05, 4.69) is 195 Å². The molecule has 1 spiro atoms. The molecule has 0 fully saturated rings. The molecule has 9 aromatic rings. The maximum Gasteiger partial charge on any atom is 0.0746 e. The molecule has 0 aliphatic heterocycles. The molecule has 0 N–H and O–H groups in total. The zero-order chi connectivity index (χ0) is 35.8. The van der Waals surface area contributed by atoms with Crippen LogP contribution in [0.4, 0.5) is 17.1 Å². The molecule has 12 rings (SSSR count). The fourth-order valence-electron chi connectivity index (χ4n) is 10.4. The Morgan fingerprint density at radius 2 is 1.00 bits per heavy atom. The van der Waals surface area contributed by atoms with Crippen molar-refractivity contribution >= 4 is 48.6 Å². The molecule has 1 nitrogen and oxygen atoms in total. The van der Waals surface area contributed by atoms with Crippen LogP contribution in [0.3, 0.4) is 0 Å². The summed E-state index contributed by atoms with van der Waals surface area (Å²) in [6, 6.07) is 66.4. The molecule has 2 heteroatoms. The van der Waals surface area contributed by atoms with Crippen LogP contribution in [0.5, 0.6) is 0 Å². The van der Waals surface area contributed by atoms with Gasteiger partial charge in [0.2, 0.25) is 0 Å². The smallest absolute Gasteiger partial charge is 0.0746 e. The molecule has 1 atom stereocenters. The molecular formula is C52H35NS. The van der Waals surface area contributed by atoms with E-state index in [1.807, 2.05) is 11.3 Å². The second-order valence-electron chi connectivity index (χ2n) is 15.6. The highest BCUT2D eigenvalue weighted by atomic mass is 32.1. The first-order valence-corrected chi connectivity index (χ1v) is 19.8. The summed E-state index contributed by atoms with van der Waals surface area (Å²) in [6.07, 6.45) is 0. The average Bonchev–Trinajstić information content (AvgIpc) is 3.90. The Morgan fingerprint density at radius 3 is 1.78 bits per heavy atom. The lowest BCUT2D eigenvalue weighted by Crippen LogP contribution is -2.28. The predicted octanol–water partition coefficient (Wildman–Crippen LogP) is 14.2. The van der Waals surface area contributed by atoms with E-state index >= 15 is 0 Å². The van der Waals surface area contributed by atoms with Crippen LogP contribution in [-0.2, 0) is 10.8 Å². The van der Waals surface area contributed by atoms with Gasteiger partial charge >= 0.3 is 0 Å². The second-order valence-corrected chi connectivity index (χ2v) is 16.7. The van der Waals surface area contributed by atoms with E-state index in [1.165, 1.54) is 98.3 Å². The fraction of sp³-hybridized carbons (Fsp3) is 0.0769. The number of hydrogen-bond acceptors (Lipinski definition) is 2. The SMILES string of the molecule is CC1(C)c2ccccc2-c2ccc(N(c3ccccc3)c3cccc4c3C3(c5ccccc5-c5cc6sc7ccccc7c6cc53)c3ccccc3-4)cc21. The van der Waals surface area contributed by atoms with Crippen LogP contribution in [0.1, 0.15) is 47.2 Å².